The SMILES string of the molecule is Cc1nn(CCCCNc2cccc3c2C(=O)N(C2CCC(=O)NC2=O)C3=O)c2cc(C(=O)Nc3cc4[nH]c([C@H]5CCCN5C)cc4cn3)ccc12. The number of nitrogens with one attached hydrogen (secondary N) is 4. The lowest BCUT2D eigenvalue weighted by atomic mass is 10.0. The molecule has 0 spiro atoms. The molecule has 14 nitrogen and oxygen atoms in total. The summed E-state index contributed by atoms with van der Waals surface area (Å²) in [6, 6.07) is 14.0. The van der Waals surface area contributed by atoms with Crippen molar-refractivity contribution in [2.24, 2.45) is 0 Å². The molecule has 0 radical (unpaired) electrons. The van der Waals surface area contributed by atoms with Crippen molar-refractivity contribution in [2.75, 3.05) is 30.8 Å². The van der Waals surface area contributed by atoms with Crippen LogP contribution in [0.25, 0.3) is 21.8 Å². The summed E-state index contributed by atoms with van der Waals surface area (Å²) in [7, 11) is 2.14. The second-order valence-electron chi connectivity index (χ2n) is 13.8. The predicted molar refractivity (Wildman–Crippen MR) is 194 cm³/mol. The van der Waals surface area contributed by atoms with E-state index in [1.165, 1.54) is 12.1 Å². The summed E-state index contributed by atoms with van der Waals surface area (Å²) < 4.78 is 1.91. The largest absolute Gasteiger partial charge is 0.384 e. The first kappa shape index (κ1) is 33.3. The number of carbonyl (C=O) groups excluding carboxylic acids is 5. The van der Waals surface area contributed by atoms with Gasteiger partial charge in [-0.3, -0.25) is 43.8 Å². The minimum absolute atomic E-state index is 0.0660. The van der Waals surface area contributed by atoms with Crippen LogP contribution in [0.1, 0.15) is 87.0 Å². The Morgan fingerprint density at radius 2 is 1.87 bits per heavy atom. The van der Waals surface area contributed by atoms with E-state index in [1.54, 1.807) is 30.5 Å². The Balaban J connectivity index is 0.898. The van der Waals surface area contributed by atoms with E-state index in [9.17, 15) is 24.0 Å². The highest BCUT2D eigenvalue weighted by molar-refractivity contribution is 6.25. The van der Waals surface area contributed by atoms with Gasteiger partial charge in [-0.25, -0.2) is 4.98 Å². The van der Waals surface area contributed by atoms with Crippen molar-refractivity contribution in [3.05, 3.63) is 82.8 Å². The highest BCUT2D eigenvalue weighted by atomic mass is 16.2. The summed E-state index contributed by atoms with van der Waals surface area (Å²) in [5.74, 6) is -1.91. The van der Waals surface area contributed by atoms with Crippen LogP contribution < -0.4 is 16.0 Å². The number of aryl methyl sites for hydroxylation is 2. The molecule has 0 bridgehead atoms. The van der Waals surface area contributed by atoms with Crippen LogP contribution in [0.2, 0.25) is 0 Å². The molecule has 2 aromatic carbocycles. The number of likely N-dealkylation sites (tertiary alicyclic amines) is 1. The Bertz CT molecular complexity index is 2290. The van der Waals surface area contributed by atoms with E-state index in [4.69, 9.17) is 5.10 Å². The third kappa shape index (κ3) is 5.98. The van der Waals surface area contributed by atoms with Gasteiger partial charge in [0.2, 0.25) is 11.8 Å². The van der Waals surface area contributed by atoms with Crippen molar-refractivity contribution in [1.82, 2.24) is 34.9 Å². The number of hydrogen-bond acceptors (Lipinski definition) is 9. The van der Waals surface area contributed by atoms with E-state index >= 15 is 0 Å². The summed E-state index contributed by atoms with van der Waals surface area (Å²) in [6.07, 6.45) is 5.73. The zero-order chi connectivity index (χ0) is 36.1. The number of rotatable bonds is 10. The number of piperidine rings is 1. The third-order valence-electron chi connectivity index (χ3n) is 10.4. The van der Waals surface area contributed by atoms with Gasteiger partial charge in [0.15, 0.2) is 0 Å². The number of carbonyl (C=O) groups is 5. The summed E-state index contributed by atoms with van der Waals surface area (Å²) in [5.41, 5.74) is 5.32. The van der Waals surface area contributed by atoms with E-state index in [0.717, 1.165) is 58.2 Å². The number of imide groups is 2. The number of H-pyrrole nitrogens is 1. The van der Waals surface area contributed by atoms with Gasteiger partial charge in [0.25, 0.3) is 17.7 Å². The molecule has 3 aliphatic rings. The van der Waals surface area contributed by atoms with E-state index in [1.807, 2.05) is 29.8 Å². The highest BCUT2D eigenvalue weighted by Crippen LogP contribution is 2.34. The Kier molecular flexibility index (Phi) is 8.53. The number of fused-ring (bicyclic) bond motifs is 3. The van der Waals surface area contributed by atoms with Gasteiger partial charge in [-0.2, -0.15) is 5.10 Å². The molecule has 2 fully saturated rings. The summed E-state index contributed by atoms with van der Waals surface area (Å²) in [4.78, 5) is 75.3. The molecule has 14 heteroatoms. The van der Waals surface area contributed by atoms with Gasteiger partial charge < -0.3 is 15.6 Å². The number of pyridine rings is 1. The van der Waals surface area contributed by atoms with Crippen molar-refractivity contribution in [1.29, 1.82) is 0 Å². The number of nitrogens with zero attached hydrogens (tertiary/aromatic N) is 5. The van der Waals surface area contributed by atoms with E-state index in [0.29, 0.717) is 36.2 Å². The molecule has 8 rings (SSSR count). The average molecular weight is 702 g/mol. The molecule has 6 heterocycles. The first-order chi connectivity index (χ1) is 25.2. The van der Waals surface area contributed by atoms with E-state index in [-0.39, 0.29) is 29.9 Å². The van der Waals surface area contributed by atoms with Crippen LogP contribution >= 0.6 is 0 Å². The van der Waals surface area contributed by atoms with Gasteiger partial charge in [-0.15, -0.1) is 0 Å². The van der Waals surface area contributed by atoms with Crippen molar-refractivity contribution < 1.29 is 24.0 Å². The molecule has 2 saturated heterocycles. The van der Waals surface area contributed by atoms with Crippen LogP contribution in [-0.4, -0.2) is 85.3 Å². The van der Waals surface area contributed by atoms with Crippen LogP contribution in [0.5, 0.6) is 0 Å². The first-order valence-electron chi connectivity index (χ1n) is 17.7. The normalized spacial score (nSPS) is 19.2. The number of aromatic amines is 1. The number of aromatic nitrogens is 4. The maximum Gasteiger partial charge on any atom is 0.264 e. The summed E-state index contributed by atoms with van der Waals surface area (Å²) in [5, 5.41) is 15.2. The van der Waals surface area contributed by atoms with Gasteiger partial charge >= 0.3 is 0 Å². The molecule has 0 aliphatic carbocycles. The summed E-state index contributed by atoms with van der Waals surface area (Å²) in [6.45, 7) is 4.16. The number of benzene rings is 2. The molecule has 266 valence electrons. The van der Waals surface area contributed by atoms with Crippen LogP contribution in [0, 0.1) is 6.92 Å². The number of hydrogen-bond donors (Lipinski definition) is 4. The van der Waals surface area contributed by atoms with Gasteiger partial charge in [-0.1, -0.05) is 12.1 Å². The first-order valence-corrected chi connectivity index (χ1v) is 17.7. The van der Waals surface area contributed by atoms with Crippen molar-refractivity contribution in [3.8, 4) is 0 Å². The maximum absolute atomic E-state index is 13.4. The Morgan fingerprint density at radius 1 is 1.00 bits per heavy atom. The fraction of sp³-hybridized carbons (Fsp3) is 0.342. The highest BCUT2D eigenvalue weighted by Gasteiger charge is 2.45. The lowest BCUT2D eigenvalue weighted by Gasteiger charge is -2.27. The van der Waals surface area contributed by atoms with Crippen molar-refractivity contribution >= 4 is 62.8 Å². The third-order valence-corrected chi connectivity index (χ3v) is 10.4. The smallest absolute Gasteiger partial charge is 0.264 e. The van der Waals surface area contributed by atoms with Gasteiger partial charge in [0.1, 0.15) is 11.9 Å². The lowest BCUT2D eigenvalue weighted by Crippen LogP contribution is -2.54. The molecule has 5 aromatic rings. The fourth-order valence-corrected chi connectivity index (χ4v) is 7.71. The molecule has 3 aliphatic heterocycles. The summed E-state index contributed by atoms with van der Waals surface area (Å²) >= 11 is 0. The molecule has 3 aromatic heterocycles. The fourth-order valence-electron chi connectivity index (χ4n) is 7.71. The molecule has 2 atom stereocenters. The van der Waals surface area contributed by atoms with Gasteiger partial charge in [0.05, 0.1) is 27.9 Å². The topological polar surface area (TPSA) is 174 Å². The molecule has 4 N–H and O–H groups in total. The predicted octanol–water partition coefficient (Wildman–Crippen LogP) is 4.53. The molecular weight excluding hydrogens is 662 g/mol. The minimum Gasteiger partial charge on any atom is -0.384 e. The monoisotopic (exact) mass is 701 g/mol. The number of unbranched alkanes of at least 4 members (excludes halogenated alkanes) is 1. The van der Waals surface area contributed by atoms with Crippen LogP contribution in [0.4, 0.5) is 11.5 Å². The van der Waals surface area contributed by atoms with E-state index < -0.39 is 29.7 Å². The minimum atomic E-state index is -1.01. The van der Waals surface area contributed by atoms with Crippen LogP contribution in [0.3, 0.4) is 0 Å². The van der Waals surface area contributed by atoms with Crippen LogP contribution in [0.15, 0.2) is 54.7 Å². The lowest BCUT2D eigenvalue weighted by molar-refractivity contribution is -0.136. The molecule has 1 unspecified atom stereocenters. The molecule has 52 heavy (non-hydrogen) atoms. The quantitative estimate of drug-likeness (QED) is 0.120. The second kappa shape index (κ2) is 13.3. The standard InChI is InChI=1S/C38H39N9O5/c1-21-24-11-10-22(35(49)42-32-19-27-23(20-40-32)17-28(41-27)29-9-6-15-45(29)2)18-31(24)46(44-21)16-4-3-14-39-26-8-5-7-25-34(26)38(52)47(37(25)51)30-12-13-33(48)43-36(30)50/h5,7-8,10-11,17-20,29-30,39,41H,3-4,6,9,12-16H2,1-2H3,(H,40,42,49)(H,43,48,50)/t29-,30?/m1/s1. The van der Waals surface area contributed by atoms with Crippen LogP contribution in [-0.2, 0) is 16.1 Å². The van der Waals surface area contributed by atoms with E-state index in [2.05, 4.69) is 43.9 Å². The second-order valence-corrected chi connectivity index (χ2v) is 13.8. The zero-order valence-electron chi connectivity index (χ0n) is 29.0. The van der Waals surface area contributed by atoms with Crippen molar-refractivity contribution in [3.63, 3.8) is 0 Å². The maximum atomic E-state index is 13.4. The van der Waals surface area contributed by atoms with Gasteiger partial charge in [0, 0.05) is 65.5 Å². The van der Waals surface area contributed by atoms with Crippen molar-refractivity contribution in [2.45, 2.75) is 64.1 Å². The number of amides is 5. The molecule has 5 amide bonds. The Morgan fingerprint density at radius 3 is 2.67 bits per heavy atom. The zero-order valence-corrected chi connectivity index (χ0v) is 29.0. The Hall–Kier alpha value is -5.89. The average Bonchev–Trinajstić information content (AvgIpc) is 3.89. The Labute approximate surface area is 298 Å². The van der Waals surface area contributed by atoms with Gasteiger partial charge in [-0.05, 0) is 83.0 Å². The molecular formula is C38H39N9O5. The molecule has 0 saturated carbocycles. The number of anilines is 2.